The Morgan fingerprint density at radius 3 is 2.70 bits per heavy atom. The maximum atomic E-state index is 6.34. The summed E-state index contributed by atoms with van der Waals surface area (Å²) in [5.41, 5.74) is 3.18. The van der Waals surface area contributed by atoms with Gasteiger partial charge in [0.2, 0.25) is 0 Å². The van der Waals surface area contributed by atoms with Crippen molar-refractivity contribution in [2.24, 2.45) is 0 Å². The predicted octanol–water partition coefficient (Wildman–Crippen LogP) is 4.22. The molecule has 0 radical (unpaired) electrons. The van der Waals surface area contributed by atoms with Crippen molar-refractivity contribution in [1.82, 2.24) is 15.1 Å². The molecule has 1 N–H and O–H groups in total. The van der Waals surface area contributed by atoms with E-state index >= 15 is 0 Å². The molecule has 1 unspecified atom stereocenters. The maximum absolute atomic E-state index is 6.34. The molecule has 3 nitrogen and oxygen atoms in total. The van der Waals surface area contributed by atoms with Crippen molar-refractivity contribution in [2.45, 2.75) is 32.9 Å². The molecule has 0 aliphatic carbocycles. The second-order valence-electron chi connectivity index (χ2n) is 4.78. The summed E-state index contributed by atoms with van der Waals surface area (Å²) >= 11 is 12.6. The van der Waals surface area contributed by atoms with Crippen LogP contribution < -0.4 is 5.32 Å². The third-order valence-electron chi connectivity index (χ3n) is 3.45. The monoisotopic (exact) mass is 311 g/mol. The van der Waals surface area contributed by atoms with E-state index in [9.17, 15) is 0 Å². The van der Waals surface area contributed by atoms with Crippen LogP contribution in [-0.4, -0.2) is 16.8 Å². The van der Waals surface area contributed by atoms with E-state index in [1.54, 1.807) is 6.20 Å². The minimum atomic E-state index is -0.0183. The summed E-state index contributed by atoms with van der Waals surface area (Å²) in [5, 5.41) is 9.13. The van der Waals surface area contributed by atoms with E-state index in [4.69, 9.17) is 23.2 Å². The van der Waals surface area contributed by atoms with Gasteiger partial charge in [0.05, 0.1) is 23.0 Å². The number of hydrogen-bond donors (Lipinski definition) is 1. The number of halogens is 2. The van der Waals surface area contributed by atoms with Crippen LogP contribution in [0.1, 0.15) is 36.2 Å². The highest BCUT2D eigenvalue weighted by molar-refractivity contribution is 6.31. The zero-order chi connectivity index (χ0) is 14.7. The number of aromatic nitrogens is 2. The van der Waals surface area contributed by atoms with Gasteiger partial charge in [-0.05, 0) is 37.6 Å². The van der Waals surface area contributed by atoms with Crippen LogP contribution in [0.2, 0.25) is 10.0 Å². The number of nitrogens with one attached hydrogen (secondary N) is 1. The summed E-state index contributed by atoms with van der Waals surface area (Å²) < 4.78 is 1.96. The largest absolute Gasteiger partial charge is 0.308 e. The fourth-order valence-electron chi connectivity index (χ4n) is 2.43. The van der Waals surface area contributed by atoms with Crippen LogP contribution in [0.4, 0.5) is 0 Å². The molecule has 0 saturated carbocycles. The lowest BCUT2D eigenvalue weighted by atomic mass is 9.98. The van der Waals surface area contributed by atoms with Gasteiger partial charge in [0.1, 0.15) is 0 Å². The van der Waals surface area contributed by atoms with Gasteiger partial charge in [-0.2, -0.15) is 5.10 Å². The first-order valence-electron chi connectivity index (χ1n) is 6.73. The Balaban J connectivity index is 2.52. The lowest BCUT2D eigenvalue weighted by Crippen LogP contribution is -2.23. The van der Waals surface area contributed by atoms with E-state index in [1.165, 1.54) is 0 Å². The van der Waals surface area contributed by atoms with Crippen molar-refractivity contribution >= 4 is 23.2 Å². The van der Waals surface area contributed by atoms with Gasteiger partial charge in [0.15, 0.2) is 0 Å². The summed E-state index contributed by atoms with van der Waals surface area (Å²) in [6.45, 7) is 4.99. The molecule has 20 heavy (non-hydrogen) atoms. The number of aryl methyl sites for hydroxylation is 1. The Morgan fingerprint density at radius 1 is 1.30 bits per heavy atom. The minimum absolute atomic E-state index is 0.0183. The quantitative estimate of drug-likeness (QED) is 0.896. The number of hydrogen-bond acceptors (Lipinski definition) is 2. The molecule has 1 aromatic heterocycles. The summed E-state index contributed by atoms with van der Waals surface area (Å²) in [4.78, 5) is 0. The van der Waals surface area contributed by atoms with Crippen LogP contribution in [0.25, 0.3) is 0 Å². The summed E-state index contributed by atoms with van der Waals surface area (Å²) in [6.07, 6.45) is 2.72. The van der Waals surface area contributed by atoms with E-state index in [-0.39, 0.29) is 6.04 Å². The van der Waals surface area contributed by atoms with E-state index in [2.05, 4.69) is 23.4 Å². The molecule has 0 aliphatic heterocycles. The molecule has 0 spiro atoms. The Hall–Kier alpha value is -1.03. The highest BCUT2D eigenvalue weighted by Gasteiger charge is 2.22. The SMILES string of the molecule is CCCn1ncc(Cl)c1C(NC)c1cccc(Cl)c1C. The maximum Gasteiger partial charge on any atom is 0.0837 e. The van der Waals surface area contributed by atoms with E-state index in [0.29, 0.717) is 5.02 Å². The molecule has 0 aliphatic rings. The van der Waals surface area contributed by atoms with Crippen LogP contribution in [0, 0.1) is 6.92 Å². The zero-order valence-corrected chi connectivity index (χ0v) is 13.5. The number of rotatable bonds is 5. The van der Waals surface area contributed by atoms with Crippen LogP contribution in [-0.2, 0) is 6.54 Å². The van der Waals surface area contributed by atoms with Crippen molar-refractivity contribution in [1.29, 1.82) is 0 Å². The molecule has 5 heteroatoms. The van der Waals surface area contributed by atoms with Gasteiger partial charge in [-0.15, -0.1) is 0 Å². The molecule has 0 bridgehead atoms. The van der Waals surface area contributed by atoms with Crippen molar-refractivity contribution < 1.29 is 0 Å². The summed E-state index contributed by atoms with van der Waals surface area (Å²) in [7, 11) is 1.92. The van der Waals surface area contributed by atoms with Gasteiger partial charge >= 0.3 is 0 Å². The average Bonchev–Trinajstić information content (AvgIpc) is 2.78. The van der Waals surface area contributed by atoms with Crippen molar-refractivity contribution in [2.75, 3.05) is 7.05 Å². The summed E-state index contributed by atoms with van der Waals surface area (Å²) in [6, 6.07) is 5.92. The molecule has 0 saturated heterocycles. The molecule has 2 aromatic rings. The number of benzene rings is 1. The molecular formula is C15H19Cl2N3. The molecule has 108 valence electrons. The van der Waals surface area contributed by atoms with Crippen LogP contribution >= 0.6 is 23.2 Å². The fourth-order valence-corrected chi connectivity index (χ4v) is 2.86. The molecule has 1 atom stereocenters. The molecule has 2 rings (SSSR count). The van der Waals surface area contributed by atoms with Crippen LogP contribution in [0.15, 0.2) is 24.4 Å². The molecule has 1 heterocycles. The molecule has 0 amide bonds. The first-order chi connectivity index (χ1) is 9.60. The van der Waals surface area contributed by atoms with E-state index < -0.39 is 0 Å². The predicted molar refractivity (Wildman–Crippen MR) is 84.6 cm³/mol. The topological polar surface area (TPSA) is 29.9 Å². The van der Waals surface area contributed by atoms with Gasteiger partial charge in [-0.1, -0.05) is 42.3 Å². The van der Waals surface area contributed by atoms with Crippen LogP contribution in [0.3, 0.4) is 0 Å². The number of nitrogens with zero attached hydrogens (tertiary/aromatic N) is 2. The van der Waals surface area contributed by atoms with E-state index in [0.717, 1.165) is 34.8 Å². The highest BCUT2D eigenvalue weighted by Crippen LogP contribution is 2.32. The molecule has 0 fully saturated rings. The smallest absolute Gasteiger partial charge is 0.0837 e. The van der Waals surface area contributed by atoms with Gasteiger partial charge in [-0.3, -0.25) is 4.68 Å². The molecule has 1 aromatic carbocycles. The Morgan fingerprint density at radius 2 is 2.05 bits per heavy atom. The van der Waals surface area contributed by atoms with Gasteiger partial charge in [0.25, 0.3) is 0 Å². The van der Waals surface area contributed by atoms with E-state index in [1.807, 2.05) is 30.8 Å². The Bertz CT molecular complexity index is 593. The Kier molecular flexibility index (Phi) is 5.08. The second-order valence-corrected chi connectivity index (χ2v) is 5.59. The minimum Gasteiger partial charge on any atom is -0.308 e. The highest BCUT2D eigenvalue weighted by atomic mass is 35.5. The standard InChI is InChI=1S/C15H19Cl2N3/c1-4-8-20-15(13(17)9-19-20)14(18-3)11-6-5-7-12(16)10(11)2/h5-7,9,14,18H,4,8H2,1-3H3. The first-order valence-corrected chi connectivity index (χ1v) is 7.49. The molecular weight excluding hydrogens is 293 g/mol. The van der Waals surface area contributed by atoms with Crippen molar-refractivity contribution in [3.8, 4) is 0 Å². The fraction of sp³-hybridized carbons (Fsp3) is 0.400. The van der Waals surface area contributed by atoms with Gasteiger partial charge in [-0.25, -0.2) is 0 Å². The Labute approximate surface area is 129 Å². The third-order valence-corrected chi connectivity index (χ3v) is 4.15. The van der Waals surface area contributed by atoms with Crippen molar-refractivity contribution in [3.05, 3.63) is 51.3 Å². The second kappa shape index (κ2) is 6.61. The normalized spacial score (nSPS) is 12.7. The van der Waals surface area contributed by atoms with Crippen LogP contribution in [0.5, 0.6) is 0 Å². The lowest BCUT2D eigenvalue weighted by Gasteiger charge is -2.21. The lowest BCUT2D eigenvalue weighted by molar-refractivity contribution is 0.534. The zero-order valence-electron chi connectivity index (χ0n) is 12.0. The van der Waals surface area contributed by atoms with Gasteiger partial charge < -0.3 is 5.32 Å². The van der Waals surface area contributed by atoms with Gasteiger partial charge in [0, 0.05) is 11.6 Å². The third kappa shape index (κ3) is 2.85. The summed E-state index contributed by atoms with van der Waals surface area (Å²) in [5.74, 6) is 0. The average molecular weight is 312 g/mol. The first kappa shape index (κ1) is 15.4. The van der Waals surface area contributed by atoms with Crippen molar-refractivity contribution in [3.63, 3.8) is 0 Å².